The average molecular weight is 352 g/mol. The van der Waals surface area contributed by atoms with E-state index in [1.165, 1.54) is 27.7 Å². The number of aliphatic hydroxyl groups is 1. The van der Waals surface area contributed by atoms with Gasteiger partial charge in [0.1, 0.15) is 5.60 Å². The number of hydrogen-bond acceptors (Lipinski definition) is 2. The van der Waals surface area contributed by atoms with Gasteiger partial charge < -0.3 is 14.8 Å². The fraction of sp³-hybridized carbons (Fsp3) is 0.529. The average Bonchev–Trinajstić information content (AvgIpc) is 2.87. The maximum absolute atomic E-state index is 9.46. The van der Waals surface area contributed by atoms with Gasteiger partial charge in [0.15, 0.2) is 0 Å². The zero-order chi connectivity index (χ0) is 15.0. The van der Waals surface area contributed by atoms with Gasteiger partial charge in [-0.1, -0.05) is 29.8 Å². The Balaban J connectivity index is 2.27. The van der Waals surface area contributed by atoms with Crippen LogP contribution in [0.4, 0.5) is 0 Å². The Labute approximate surface area is 133 Å². The molecule has 1 aromatic carbocycles. The number of H-pyrrole nitrogens is 1. The number of aromatic amines is 1. The molecule has 1 aliphatic heterocycles. The van der Waals surface area contributed by atoms with Gasteiger partial charge in [-0.05, 0) is 42.5 Å². The smallest absolute Gasteiger partial charge is 0.110 e. The lowest BCUT2D eigenvalue weighted by Gasteiger charge is -2.36. The largest absolute Gasteiger partial charge is 0.396 e. The van der Waals surface area contributed by atoms with Crippen LogP contribution >= 0.6 is 15.9 Å². The molecule has 0 spiro atoms. The third-order valence-electron chi connectivity index (χ3n) is 4.72. The predicted octanol–water partition coefficient (Wildman–Crippen LogP) is 4.05. The van der Waals surface area contributed by atoms with Crippen LogP contribution in [0, 0.1) is 0 Å². The van der Waals surface area contributed by atoms with Crippen LogP contribution in [0.15, 0.2) is 16.6 Å². The second-order valence-corrected chi connectivity index (χ2v) is 6.66. The molecule has 0 saturated carbocycles. The van der Waals surface area contributed by atoms with Crippen molar-refractivity contribution in [2.24, 2.45) is 0 Å². The van der Waals surface area contributed by atoms with Gasteiger partial charge >= 0.3 is 0 Å². The molecule has 0 bridgehead atoms. The maximum Gasteiger partial charge on any atom is 0.110 e. The molecule has 0 fully saturated rings. The van der Waals surface area contributed by atoms with Crippen LogP contribution in [0.2, 0.25) is 0 Å². The topological polar surface area (TPSA) is 45.2 Å². The molecule has 2 aromatic rings. The molecule has 21 heavy (non-hydrogen) atoms. The summed E-state index contributed by atoms with van der Waals surface area (Å²) in [6, 6.07) is 4.39. The van der Waals surface area contributed by atoms with E-state index in [4.69, 9.17) is 4.74 Å². The molecule has 2 N–H and O–H groups in total. The highest BCUT2D eigenvalue weighted by atomic mass is 79.9. The molecule has 114 valence electrons. The van der Waals surface area contributed by atoms with Crippen molar-refractivity contribution in [3.05, 3.63) is 33.4 Å². The fourth-order valence-corrected chi connectivity index (χ4v) is 4.07. The number of hydrogen-bond donors (Lipinski definition) is 2. The van der Waals surface area contributed by atoms with Gasteiger partial charge in [0, 0.05) is 28.4 Å². The number of nitrogens with one attached hydrogen (secondary N) is 1. The molecular formula is C17H22BrNO2. The number of aliphatic hydroxyl groups excluding tert-OH is 1. The van der Waals surface area contributed by atoms with Crippen LogP contribution in [0.5, 0.6) is 0 Å². The Bertz CT molecular complexity index is 664. The quantitative estimate of drug-likeness (QED) is 0.872. The first-order chi connectivity index (χ1) is 10.1. The standard InChI is InChI=1S/C17H22BrNO2/c1-3-11-9-12(18)10-14-13-5-8-21-17(4-2,6-7-20)16(13)19-15(11)14/h9-10,19-20H,3-8H2,1-2H3. The van der Waals surface area contributed by atoms with Crippen molar-refractivity contribution in [2.45, 2.75) is 45.1 Å². The molecule has 3 nitrogen and oxygen atoms in total. The van der Waals surface area contributed by atoms with E-state index in [-0.39, 0.29) is 12.2 Å². The first-order valence-corrected chi connectivity index (χ1v) is 8.52. The highest BCUT2D eigenvalue weighted by molar-refractivity contribution is 9.10. The first kappa shape index (κ1) is 15.1. The van der Waals surface area contributed by atoms with E-state index in [1.54, 1.807) is 0 Å². The Kier molecular flexibility index (Phi) is 4.12. The minimum Gasteiger partial charge on any atom is -0.396 e. The lowest BCUT2D eigenvalue weighted by Crippen LogP contribution is -2.36. The van der Waals surface area contributed by atoms with Crippen molar-refractivity contribution in [3.63, 3.8) is 0 Å². The number of ether oxygens (including phenoxy) is 1. The minimum absolute atomic E-state index is 0.146. The summed E-state index contributed by atoms with van der Waals surface area (Å²) in [5.41, 5.74) is 4.73. The summed E-state index contributed by atoms with van der Waals surface area (Å²) in [5, 5.41) is 10.8. The second-order valence-electron chi connectivity index (χ2n) is 5.74. The molecule has 1 atom stereocenters. The van der Waals surface area contributed by atoms with Crippen molar-refractivity contribution in [2.75, 3.05) is 13.2 Å². The van der Waals surface area contributed by atoms with E-state index < -0.39 is 0 Å². The van der Waals surface area contributed by atoms with Gasteiger partial charge in [-0.25, -0.2) is 0 Å². The molecule has 1 aliphatic rings. The Hall–Kier alpha value is -0.840. The van der Waals surface area contributed by atoms with Gasteiger partial charge in [0.25, 0.3) is 0 Å². The van der Waals surface area contributed by atoms with Crippen LogP contribution < -0.4 is 0 Å². The predicted molar refractivity (Wildman–Crippen MR) is 88.7 cm³/mol. The molecule has 1 aromatic heterocycles. The molecule has 0 radical (unpaired) electrons. The summed E-state index contributed by atoms with van der Waals surface area (Å²) in [6.07, 6.45) is 3.44. The van der Waals surface area contributed by atoms with Crippen LogP contribution in [0.1, 0.15) is 43.5 Å². The summed E-state index contributed by atoms with van der Waals surface area (Å²) in [6.45, 7) is 5.18. The van der Waals surface area contributed by atoms with Gasteiger partial charge in [0.2, 0.25) is 0 Å². The highest BCUT2D eigenvalue weighted by Crippen LogP contribution is 2.42. The van der Waals surface area contributed by atoms with E-state index in [9.17, 15) is 5.11 Å². The lowest BCUT2D eigenvalue weighted by molar-refractivity contribution is -0.0795. The SMILES string of the molecule is CCc1cc(Br)cc2c3c([nH]c12)C(CC)(CCO)OCC3. The number of rotatable bonds is 4. The van der Waals surface area contributed by atoms with Crippen molar-refractivity contribution < 1.29 is 9.84 Å². The van der Waals surface area contributed by atoms with Gasteiger partial charge in [-0.15, -0.1) is 0 Å². The number of fused-ring (bicyclic) bond motifs is 3. The van der Waals surface area contributed by atoms with Gasteiger partial charge in [0.05, 0.1) is 12.3 Å². The minimum atomic E-state index is -0.362. The molecule has 4 heteroatoms. The third kappa shape index (κ3) is 2.33. The molecular weight excluding hydrogens is 330 g/mol. The summed E-state index contributed by atoms with van der Waals surface area (Å²) in [4.78, 5) is 3.63. The molecule has 1 unspecified atom stereocenters. The van der Waals surface area contributed by atoms with E-state index in [1.807, 2.05) is 0 Å². The number of benzene rings is 1. The normalized spacial score (nSPS) is 21.7. The third-order valence-corrected chi connectivity index (χ3v) is 5.17. The van der Waals surface area contributed by atoms with Crippen LogP contribution in [-0.2, 0) is 23.2 Å². The zero-order valence-electron chi connectivity index (χ0n) is 12.6. The van der Waals surface area contributed by atoms with Gasteiger partial charge in [-0.3, -0.25) is 0 Å². The summed E-state index contributed by atoms with van der Waals surface area (Å²) in [7, 11) is 0. The summed E-state index contributed by atoms with van der Waals surface area (Å²) < 4.78 is 7.24. The summed E-state index contributed by atoms with van der Waals surface area (Å²) >= 11 is 3.63. The second kappa shape index (κ2) is 5.75. The number of halogens is 1. The van der Waals surface area contributed by atoms with E-state index in [2.05, 4.69) is 46.9 Å². The highest BCUT2D eigenvalue weighted by Gasteiger charge is 2.38. The molecule has 0 amide bonds. The van der Waals surface area contributed by atoms with Crippen molar-refractivity contribution in [1.29, 1.82) is 0 Å². The van der Waals surface area contributed by atoms with Crippen molar-refractivity contribution in [3.8, 4) is 0 Å². The van der Waals surface area contributed by atoms with Crippen LogP contribution in [0.3, 0.4) is 0 Å². The molecule has 2 heterocycles. The number of aryl methyl sites for hydroxylation is 1. The summed E-state index contributed by atoms with van der Waals surface area (Å²) in [5.74, 6) is 0. The van der Waals surface area contributed by atoms with Crippen molar-refractivity contribution >= 4 is 26.8 Å². The van der Waals surface area contributed by atoms with E-state index in [0.29, 0.717) is 6.42 Å². The molecule has 0 aliphatic carbocycles. The molecule has 3 rings (SSSR count). The maximum atomic E-state index is 9.46. The Morgan fingerprint density at radius 3 is 2.86 bits per heavy atom. The first-order valence-electron chi connectivity index (χ1n) is 7.73. The Morgan fingerprint density at radius 1 is 1.38 bits per heavy atom. The van der Waals surface area contributed by atoms with E-state index in [0.717, 1.165) is 30.3 Å². The fourth-order valence-electron chi connectivity index (χ4n) is 3.57. The van der Waals surface area contributed by atoms with Gasteiger partial charge in [-0.2, -0.15) is 0 Å². The monoisotopic (exact) mass is 351 g/mol. The zero-order valence-corrected chi connectivity index (χ0v) is 14.2. The van der Waals surface area contributed by atoms with Crippen LogP contribution in [-0.4, -0.2) is 23.3 Å². The lowest BCUT2D eigenvalue weighted by atomic mass is 9.86. The number of aromatic nitrogens is 1. The van der Waals surface area contributed by atoms with Crippen molar-refractivity contribution in [1.82, 2.24) is 4.98 Å². The van der Waals surface area contributed by atoms with Crippen LogP contribution in [0.25, 0.3) is 10.9 Å². The Morgan fingerprint density at radius 2 is 2.19 bits per heavy atom. The molecule has 0 saturated heterocycles. The van der Waals surface area contributed by atoms with E-state index >= 15 is 0 Å².